The molecule has 0 saturated carbocycles. The SMILES string of the molecule is NOCC1=Cc2c(O)cccc2S1(=O)=O. The van der Waals surface area contributed by atoms with E-state index in [1.807, 2.05) is 0 Å². The van der Waals surface area contributed by atoms with E-state index in [0.717, 1.165) is 0 Å². The quantitative estimate of drug-likeness (QED) is 0.714. The number of sulfone groups is 1. The normalized spacial score (nSPS) is 17.3. The van der Waals surface area contributed by atoms with E-state index in [0.29, 0.717) is 5.56 Å². The highest BCUT2D eigenvalue weighted by Crippen LogP contribution is 2.37. The van der Waals surface area contributed by atoms with Crippen LogP contribution in [0.3, 0.4) is 0 Å². The van der Waals surface area contributed by atoms with Gasteiger partial charge in [0.05, 0.1) is 9.80 Å². The highest BCUT2D eigenvalue weighted by atomic mass is 32.2. The van der Waals surface area contributed by atoms with E-state index in [1.165, 1.54) is 24.3 Å². The van der Waals surface area contributed by atoms with Gasteiger partial charge < -0.3 is 5.11 Å². The summed E-state index contributed by atoms with van der Waals surface area (Å²) in [5.74, 6) is 4.77. The topological polar surface area (TPSA) is 89.6 Å². The lowest BCUT2D eigenvalue weighted by molar-refractivity contribution is 0.166. The lowest BCUT2D eigenvalue weighted by atomic mass is 10.2. The van der Waals surface area contributed by atoms with Crippen molar-refractivity contribution in [2.45, 2.75) is 4.90 Å². The molecule has 1 aliphatic rings. The van der Waals surface area contributed by atoms with Gasteiger partial charge in [-0.15, -0.1) is 0 Å². The number of aromatic hydroxyl groups is 1. The van der Waals surface area contributed by atoms with Gasteiger partial charge in [0.25, 0.3) is 0 Å². The molecule has 0 radical (unpaired) electrons. The molecule has 5 nitrogen and oxygen atoms in total. The van der Waals surface area contributed by atoms with Crippen molar-refractivity contribution in [3.05, 3.63) is 28.7 Å². The fourth-order valence-corrected chi connectivity index (χ4v) is 2.98. The third-order valence-electron chi connectivity index (χ3n) is 2.21. The largest absolute Gasteiger partial charge is 0.507 e. The van der Waals surface area contributed by atoms with Crippen LogP contribution >= 0.6 is 0 Å². The van der Waals surface area contributed by atoms with Crippen molar-refractivity contribution < 1.29 is 18.4 Å². The Hall–Kier alpha value is -1.37. The van der Waals surface area contributed by atoms with Crippen molar-refractivity contribution >= 4 is 15.9 Å². The van der Waals surface area contributed by atoms with Gasteiger partial charge in [0, 0.05) is 5.56 Å². The minimum absolute atomic E-state index is 0.0569. The zero-order valence-corrected chi connectivity index (χ0v) is 8.49. The molecule has 0 atom stereocenters. The number of fused-ring (bicyclic) bond motifs is 1. The second-order valence-electron chi connectivity index (χ2n) is 3.11. The summed E-state index contributed by atoms with van der Waals surface area (Å²) in [5.41, 5.74) is 0.296. The van der Waals surface area contributed by atoms with Crippen LogP contribution in [-0.4, -0.2) is 20.1 Å². The average molecular weight is 227 g/mol. The molecule has 0 aromatic heterocycles. The lowest BCUT2D eigenvalue weighted by Crippen LogP contribution is -2.09. The van der Waals surface area contributed by atoms with Crippen LogP contribution in [0, 0.1) is 0 Å². The summed E-state index contributed by atoms with van der Waals surface area (Å²) in [6.07, 6.45) is 1.37. The molecule has 0 aliphatic carbocycles. The molecule has 0 fully saturated rings. The minimum atomic E-state index is -3.53. The van der Waals surface area contributed by atoms with Crippen LogP contribution in [0.5, 0.6) is 5.75 Å². The number of hydrogen-bond acceptors (Lipinski definition) is 5. The Morgan fingerprint density at radius 3 is 2.73 bits per heavy atom. The average Bonchev–Trinajstić information content (AvgIpc) is 2.43. The van der Waals surface area contributed by atoms with Crippen LogP contribution in [0.15, 0.2) is 28.0 Å². The van der Waals surface area contributed by atoms with Crippen LogP contribution in [0.25, 0.3) is 6.08 Å². The first-order chi connectivity index (χ1) is 7.07. The number of nitrogens with two attached hydrogens (primary N) is 1. The Morgan fingerprint density at radius 2 is 2.13 bits per heavy atom. The maximum absolute atomic E-state index is 11.8. The predicted molar refractivity (Wildman–Crippen MR) is 53.4 cm³/mol. The standard InChI is InChI=1S/C9H9NO4S/c10-14-5-6-4-7-8(11)2-1-3-9(7)15(6,12)13/h1-4,11H,5,10H2. The van der Waals surface area contributed by atoms with Crippen LogP contribution in [0.4, 0.5) is 0 Å². The minimum Gasteiger partial charge on any atom is -0.507 e. The summed E-state index contributed by atoms with van der Waals surface area (Å²) in [5, 5.41) is 9.47. The van der Waals surface area contributed by atoms with E-state index in [1.54, 1.807) is 0 Å². The number of phenols is 1. The highest BCUT2D eigenvalue weighted by molar-refractivity contribution is 7.95. The summed E-state index contributed by atoms with van der Waals surface area (Å²) >= 11 is 0. The van der Waals surface area contributed by atoms with Crippen LogP contribution in [0.2, 0.25) is 0 Å². The van der Waals surface area contributed by atoms with Crippen molar-refractivity contribution in [2.24, 2.45) is 5.90 Å². The van der Waals surface area contributed by atoms with Gasteiger partial charge in [0.2, 0.25) is 9.84 Å². The van der Waals surface area contributed by atoms with Crippen LogP contribution in [-0.2, 0) is 14.7 Å². The number of rotatable bonds is 2. The van der Waals surface area contributed by atoms with Gasteiger partial charge in [-0.1, -0.05) is 6.07 Å². The molecule has 0 amide bonds. The predicted octanol–water partition coefficient (Wildman–Crippen LogP) is 0.411. The smallest absolute Gasteiger partial charge is 0.205 e. The molecule has 1 aromatic carbocycles. The van der Waals surface area contributed by atoms with Gasteiger partial charge in [-0.3, -0.25) is 4.84 Å². The molecule has 1 heterocycles. The summed E-state index contributed by atoms with van der Waals surface area (Å²) in [6.45, 7) is -0.198. The molecule has 15 heavy (non-hydrogen) atoms. The summed E-state index contributed by atoms with van der Waals surface area (Å²) < 4.78 is 23.6. The summed E-state index contributed by atoms with van der Waals surface area (Å²) in [6, 6.07) is 4.34. The van der Waals surface area contributed by atoms with Gasteiger partial charge in [-0.05, 0) is 18.2 Å². The van der Waals surface area contributed by atoms with Gasteiger partial charge in [-0.2, -0.15) is 0 Å². The van der Waals surface area contributed by atoms with E-state index >= 15 is 0 Å². The molecule has 1 aliphatic heterocycles. The molecule has 0 bridgehead atoms. The number of hydrogen-bond donors (Lipinski definition) is 2. The number of benzene rings is 1. The van der Waals surface area contributed by atoms with Crippen LogP contribution < -0.4 is 5.90 Å². The zero-order valence-electron chi connectivity index (χ0n) is 7.67. The maximum Gasteiger partial charge on any atom is 0.205 e. The molecular weight excluding hydrogens is 218 g/mol. The Bertz CT molecular complexity index is 533. The molecule has 2 rings (SSSR count). The van der Waals surface area contributed by atoms with Gasteiger partial charge in [0.1, 0.15) is 12.4 Å². The second kappa shape index (κ2) is 3.34. The first-order valence-corrected chi connectivity index (χ1v) is 5.65. The first kappa shape index (κ1) is 10.2. The van der Waals surface area contributed by atoms with Crippen molar-refractivity contribution in [3.63, 3.8) is 0 Å². The molecule has 3 N–H and O–H groups in total. The monoisotopic (exact) mass is 227 g/mol. The van der Waals surface area contributed by atoms with Crippen molar-refractivity contribution in [2.75, 3.05) is 6.61 Å². The second-order valence-corrected chi connectivity index (χ2v) is 5.09. The fourth-order valence-electron chi connectivity index (χ4n) is 1.49. The Kier molecular flexibility index (Phi) is 2.26. The third-order valence-corrected chi connectivity index (χ3v) is 4.07. The lowest BCUT2D eigenvalue weighted by Gasteiger charge is -2.02. The molecule has 1 aromatic rings. The summed E-state index contributed by atoms with van der Waals surface area (Å²) in [7, 11) is -3.53. The first-order valence-electron chi connectivity index (χ1n) is 4.16. The van der Waals surface area contributed by atoms with E-state index in [2.05, 4.69) is 4.84 Å². The van der Waals surface area contributed by atoms with Crippen molar-refractivity contribution in [1.82, 2.24) is 0 Å². The Morgan fingerprint density at radius 1 is 1.40 bits per heavy atom. The molecule has 0 unspecified atom stereocenters. The summed E-state index contributed by atoms with van der Waals surface area (Å²) in [4.78, 5) is 4.45. The Balaban J connectivity index is 2.64. The van der Waals surface area contributed by atoms with E-state index in [9.17, 15) is 13.5 Å². The van der Waals surface area contributed by atoms with Gasteiger partial charge in [0.15, 0.2) is 0 Å². The molecule has 0 spiro atoms. The van der Waals surface area contributed by atoms with E-state index in [-0.39, 0.29) is 22.2 Å². The number of phenolic OH excluding ortho intramolecular Hbond substituents is 1. The Labute approximate surface area is 86.7 Å². The fraction of sp³-hybridized carbons (Fsp3) is 0.111. The molecule has 0 saturated heterocycles. The molecule has 80 valence electrons. The molecular formula is C9H9NO4S. The van der Waals surface area contributed by atoms with E-state index in [4.69, 9.17) is 5.90 Å². The van der Waals surface area contributed by atoms with Gasteiger partial charge in [-0.25, -0.2) is 14.3 Å². The molecule has 6 heteroatoms. The van der Waals surface area contributed by atoms with E-state index < -0.39 is 9.84 Å². The highest BCUT2D eigenvalue weighted by Gasteiger charge is 2.30. The maximum atomic E-state index is 11.8. The van der Waals surface area contributed by atoms with Crippen molar-refractivity contribution in [3.8, 4) is 5.75 Å². The van der Waals surface area contributed by atoms with Crippen LogP contribution in [0.1, 0.15) is 5.56 Å². The van der Waals surface area contributed by atoms with Crippen molar-refractivity contribution in [1.29, 1.82) is 0 Å². The zero-order chi connectivity index (χ0) is 11.1. The van der Waals surface area contributed by atoms with Gasteiger partial charge >= 0.3 is 0 Å². The third kappa shape index (κ3) is 1.43.